The molecule has 1 aliphatic rings. The first kappa shape index (κ1) is 18.0. The van der Waals surface area contributed by atoms with E-state index in [1.807, 2.05) is 18.2 Å². The lowest BCUT2D eigenvalue weighted by atomic mass is 9.73. The Bertz CT molecular complexity index is 466. The monoisotopic (exact) mass is 317 g/mol. The molecule has 0 aliphatic carbocycles. The van der Waals surface area contributed by atoms with E-state index in [4.69, 9.17) is 4.74 Å². The predicted molar refractivity (Wildman–Crippen MR) is 94.5 cm³/mol. The maximum absolute atomic E-state index is 13.0. The fourth-order valence-corrected chi connectivity index (χ4v) is 3.47. The summed E-state index contributed by atoms with van der Waals surface area (Å²) in [7, 11) is 0. The SMILES string of the molecule is CCCC[C@H](CC)CNC(=O)C1(c2ccccc2)CCOCC1. The Morgan fingerprint density at radius 1 is 1.22 bits per heavy atom. The Kier molecular flexibility index (Phi) is 7.10. The summed E-state index contributed by atoms with van der Waals surface area (Å²) < 4.78 is 5.52. The zero-order chi connectivity index (χ0) is 16.5. The topological polar surface area (TPSA) is 38.3 Å². The molecule has 1 heterocycles. The summed E-state index contributed by atoms with van der Waals surface area (Å²) in [6.07, 6.45) is 6.33. The molecule has 128 valence electrons. The highest BCUT2D eigenvalue weighted by atomic mass is 16.5. The van der Waals surface area contributed by atoms with E-state index in [9.17, 15) is 4.79 Å². The summed E-state index contributed by atoms with van der Waals surface area (Å²) >= 11 is 0. The van der Waals surface area contributed by atoms with Crippen molar-refractivity contribution in [3.63, 3.8) is 0 Å². The number of carbonyl (C=O) groups is 1. The molecule has 1 aromatic rings. The molecule has 1 amide bonds. The fourth-order valence-electron chi connectivity index (χ4n) is 3.47. The van der Waals surface area contributed by atoms with Crippen LogP contribution in [0.5, 0.6) is 0 Å². The van der Waals surface area contributed by atoms with Gasteiger partial charge in [-0.25, -0.2) is 0 Å². The van der Waals surface area contributed by atoms with Crippen molar-refractivity contribution in [3.05, 3.63) is 35.9 Å². The summed E-state index contributed by atoms with van der Waals surface area (Å²) in [5, 5.41) is 3.26. The summed E-state index contributed by atoms with van der Waals surface area (Å²) in [5.74, 6) is 0.772. The van der Waals surface area contributed by atoms with E-state index >= 15 is 0 Å². The van der Waals surface area contributed by atoms with Gasteiger partial charge >= 0.3 is 0 Å². The molecule has 1 saturated heterocycles. The van der Waals surface area contributed by atoms with Gasteiger partial charge in [0.1, 0.15) is 0 Å². The van der Waals surface area contributed by atoms with Crippen LogP contribution < -0.4 is 5.32 Å². The molecule has 0 aromatic heterocycles. The van der Waals surface area contributed by atoms with Crippen molar-refractivity contribution in [2.24, 2.45) is 5.92 Å². The van der Waals surface area contributed by atoms with Crippen molar-refractivity contribution in [1.29, 1.82) is 0 Å². The van der Waals surface area contributed by atoms with Crippen LogP contribution in [0.2, 0.25) is 0 Å². The van der Waals surface area contributed by atoms with Crippen LogP contribution in [0.4, 0.5) is 0 Å². The van der Waals surface area contributed by atoms with E-state index in [1.54, 1.807) is 0 Å². The van der Waals surface area contributed by atoms with Crippen LogP contribution in [0.3, 0.4) is 0 Å². The molecule has 2 rings (SSSR count). The second kappa shape index (κ2) is 9.07. The summed E-state index contributed by atoms with van der Waals surface area (Å²) in [4.78, 5) is 13.0. The first-order valence-electron chi connectivity index (χ1n) is 9.14. The quantitative estimate of drug-likeness (QED) is 0.785. The van der Waals surface area contributed by atoms with Gasteiger partial charge in [-0.15, -0.1) is 0 Å². The first-order chi connectivity index (χ1) is 11.2. The van der Waals surface area contributed by atoms with Crippen LogP contribution in [0.1, 0.15) is 57.9 Å². The molecule has 0 bridgehead atoms. The molecular weight excluding hydrogens is 286 g/mol. The van der Waals surface area contributed by atoms with Gasteiger partial charge in [0.25, 0.3) is 0 Å². The molecule has 1 aliphatic heterocycles. The Morgan fingerprint density at radius 3 is 2.52 bits per heavy atom. The average molecular weight is 317 g/mol. The molecule has 3 heteroatoms. The number of benzene rings is 1. The van der Waals surface area contributed by atoms with Crippen LogP contribution >= 0.6 is 0 Å². The number of hydrogen-bond acceptors (Lipinski definition) is 2. The highest BCUT2D eigenvalue weighted by molar-refractivity contribution is 5.88. The van der Waals surface area contributed by atoms with Crippen LogP contribution in [-0.2, 0) is 14.9 Å². The molecule has 1 fully saturated rings. The molecule has 1 N–H and O–H groups in total. The van der Waals surface area contributed by atoms with Gasteiger partial charge in [0.15, 0.2) is 0 Å². The predicted octanol–water partition coefficient (Wildman–Crippen LogP) is 4.07. The van der Waals surface area contributed by atoms with Crippen molar-refractivity contribution in [3.8, 4) is 0 Å². The highest BCUT2D eigenvalue weighted by Gasteiger charge is 2.41. The van der Waals surface area contributed by atoms with Gasteiger partial charge in [-0.1, -0.05) is 63.4 Å². The van der Waals surface area contributed by atoms with Crippen molar-refractivity contribution >= 4 is 5.91 Å². The maximum Gasteiger partial charge on any atom is 0.230 e. The number of rotatable bonds is 8. The number of carbonyl (C=O) groups excluding carboxylic acids is 1. The minimum atomic E-state index is -0.414. The van der Waals surface area contributed by atoms with E-state index in [-0.39, 0.29) is 5.91 Å². The van der Waals surface area contributed by atoms with Crippen LogP contribution in [0.25, 0.3) is 0 Å². The number of hydrogen-bond donors (Lipinski definition) is 1. The third-order valence-corrected chi connectivity index (χ3v) is 5.20. The zero-order valence-electron chi connectivity index (χ0n) is 14.6. The molecule has 0 saturated carbocycles. The van der Waals surface area contributed by atoms with Crippen molar-refractivity contribution in [2.75, 3.05) is 19.8 Å². The maximum atomic E-state index is 13.0. The lowest BCUT2D eigenvalue weighted by molar-refractivity contribution is -0.130. The van der Waals surface area contributed by atoms with Crippen LogP contribution in [0.15, 0.2) is 30.3 Å². The Labute approximate surface area is 140 Å². The summed E-state index contributed by atoms with van der Waals surface area (Å²) in [6.45, 7) is 6.56. The second-order valence-corrected chi connectivity index (χ2v) is 6.69. The van der Waals surface area contributed by atoms with E-state index in [0.717, 1.165) is 31.4 Å². The normalized spacial score (nSPS) is 18.3. The molecular formula is C20H31NO2. The van der Waals surface area contributed by atoms with E-state index < -0.39 is 5.41 Å². The van der Waals surface area contributed by atoms with Crippen molar-refractivity contribution in [1.82, 2.24) is 5.32 Å². The minimum Gasteiger partial charge on any atom is -0.381 e. The van der Waals surface area contributed by atoms with E-state index in [0.29, 0.717) is 19.1 Å². The fraction of sp³-hybridized carbons (Fsp3) is 0.650. The number of nitrogens with one attached hydrogen (secondary N) is 1. The van der Waals surface area contributed by atoms with Crippen molar-refractivity contribution in [2.45, 2.75) is 57.8 Å². The average Bonchev–Trinajstić information content (AvgIpc) is 2.63. The first-order valence-corrected chi connectivity index (χ1v) is 9.14. The van der Waals surface area contributed by atoms with Crippen LogP contribution in [-0.4, -0.2) is 25.7 Å². The van der Waals surface area contributed by atoms with Gasteiger partial charge in [-0.2, -0.15) is 0 Å². The zero-order valence-corrected chi connectivity index (χ0v) is 14.6. The number of ether oxygens (including phenoxy) is 1. The molecule has 3 nitrogen and oxygen atoms in total. The molecule has 1 aromatic carbocycles. The van der Waals surface area contributed by atoms with Gasteiger partial charge in [0.2, 0.25) is 5.91 Å². The summed E-state index contributed by atoms with van der Waals surface area (Å²) in [5.41, 5.74) is 0.713. The van der Waals surface area contributed by atoms with Gasteiger partial charge in [-0.05, 0) is 30.7 Å². The summed E-state index contributed by atoms with van der Waals surface area (Å²) in [6, 6.07) is 10.2. The third-order valence-electron chi connectivity index (χ3n) is 5.20. The largest absolute Gasteiger partial charge is 0.381 e. The standard InChI is InChI=1S/C20H31NO2/c1-3-5-9-17(4-2)16-21-19(22)20(12-14-23-15-13-20)18-10-7-6-8-11-18/h6-8,10-11,17H,3-5,9,12-16H2,1-2H3,(H,21,22)/t17-/m0/s1. The molecule has 1 atom stereocenters. The van der Waals surface area contributed by atoms with E-state index in [1.165, 1.54) is 19.3 Å². The number of amides is 1. The Balaban J connectivity index is 2.06. The lowest BCUT2D eigenvalue weighted by Crippen LogP contribution is -2.49. The smallest absolute Gasteiger partial charge is 0.230 e. The highest BCUT2D eigenvalue weighted by Crippen LogP contribution is 2.35. The lowest BCUT2D eigenvalue weighted by Gasteiger charge is -2.36. The Hall–Kier alpha value is -1.35. The molecule has 0 unspecified atom stereocenters. The van der Waals surface area contributed by atoms with Gasteiger partial charge < -0.3 is 10.1 Å². The van der Waals surface area contributed by atoms with Crippen molar-refractivity contribution < 1.29 is 9.53 Å². The second-order valence-electron chi connectivity index (χ2n) is 6.69. The molecule has 0 spiro atoms. The Morgan fingerprint density at radius 2 is 1.91 bits per heavy atom. The molecule has 23 heavy (non-hydrogen) atoms. The van der Waals surface area contributed by atoms with Gasteiger partial charge in [0, 0.05) is 19.8 Å². The van der Waals surface area contributed by atoms with Gasteiger partial charge in [0.05, 0.1) is 5.41 Å². The number of unbranched alkanes of at least 4 members (excludes halogenated alkanes) is 1. The molecule has 0 radical (unpaired) electrons. The third kappa shape index (κ3) is 4.57. The van der Waals surface area contributed by atoms with E-state index in [2.05, 4.69) is 31.3 Å². The van der Waals surface area contributed by atoms with Gasteiger partial charge in [-0.3, -0.25) is 4.79 Å². The minimum absolute atomic E-state index is 0.182. The van der Waals surface area contributed by atoms with Crippen LogP contribution in [0, 0.1) is 5.92 Å².